The molecule has 0 unspecified atom stereocenters. The van der Waals surface area contributed by atoms with Crippen molar-refractivity contribution in [3.8, 4) is 5.69 Å². The summed E-state index contributed by atoms with van der Waals surface area (Å²) in [7, 11) is 0. The van der Waals surface area contributed by atoms with Crippen molar-refractivity contribution in [3.63, 3.8) is 0 Å². The third kappa shape index (κ3) is 2.98. The zero-order chi connectivity index (χ0) is 17.2. The van der Waals surface area contributed by atoms with Crippen LogP contribution in [0.15, 0.2) is 36.5 Å². The first-order valence-electron chi connectivity index (χ1n) is 8.52. The summed E-state index contributed by atoms with van der Waals surface area (Å²) in [5.41, 5.74) is 2.72. The molecule has 7 heteroatoms. The molecule has 128 valence electrons. The van der Waals surface area contributed by atoms with Gasteiger partial charge in [0, 0.05) is 24.2 Å². The molecule has 0 radical (unpaired) electrons. The van der Waals surface area contributed by atoms with E-state index in [1.165, 1.54) is 0 Å². The molecule has 1 amide bonds. The van der Waals surface area contributed by atoms with Crippen molar-refractivity contribution in [3.05, 3.63) is 47.9 Å². The second-order valence-electron chi connectivity index (χ2n) is 6.30. The van der Waals surface area contributed by atoms with E-state index < -0.39 is 0 Å². The lowest BCUT2D eigenvalue weighted by molar-refractivity contribution is 0.0925. The number of nitrogens with zero attached hydrogens (tertiary/aromatic N) is 4. The van der Waals surface area contributed by atoms with Gasteiger partial charge in [-0.25, -0.2) is 4.68 Å². The Kier molecular flexibility index (Phi) is 4.15. The Morgan fingerprint density at radius 2 is 2.20 bits per heavy atom. The third-order valence-corrected chi connectivity index (χ3v) is 4.58. The normalized spacial score (nSPS) is 17.6. The van der Waals surface area contributed by atoms with E-state index in [9.17, 15) is 4.79 Å². The molecular weight excluding hydrogens is 316 g/mol. The molecule has 0 bridgehead atoms. The standard InChI is InChI=1S/C18H20N6O/c1-12-16(18(25)21-14-7-4-9-19-11-14)22-23-24(12)15-8-2-5-13-6-3-10-20-17(13)15/h2-3,5-6,8,10,14,19H,4,7,9,11H2,1H3,(H,21,25)/t14-/m0/s1. The van der Waals surface area contributed by atoms with E-state index in [2.05, 4.69) is 25.9 Å². The van der Waals surface area contributed by atoms with Crippen LogP contribution in [-0.4, -0.2) is 45.0 Å². The number of para-hydroxylation sites is 1. The molecule has 3 aromatic rings. The fourth-order valence-corrected chi connectivity index (χ4v) is 3.26. The van der Waals surface area contributed by atoms with Crippen molar-refractivity contribution in [1.29, 1.82) is 0 Å². The zero-order valence-corrected chi connectivity index (χ0v) is 14.1. The Morgan fingerprint density at radius 3 is 3.04 bits per heavy atom. The monoisotopic (exact) mass is 336 g/mol. The van der Waals surface area contributed by atoms with Gasteiger partial charge in [-0.05, 0) is 38.4 Å². The SMILES string of the molecule is Cc1c(C(=O)N[C@H]2CCCNC2)nnn1-c1cccc2cccnc12. The molecule has 0 aliphatic carbocycles. The lowest BCUT2D eigenvalue weighted by Crippen LogP contribution is -2.45. The molecule has 1 aliphatic heterocycles. The van der Waals surface area contributed by atoms with Crippen molar-refractivity contribution in [1.82, 2.24) is 30.6 Å². The predicted octanol–water partition coefficient (Wildman–Crippen LogP) is 1.61. The fourth-order valence-electron chi connectivity index (χ4n) is 3.26. The van der Waals surface area contributed by atoms with Crippen LogP contribution in [-0.2, 0) is 0 Å². The van der Waals surface area contributed by atoms with Gasteiger partial charge in [0.15, 0.2) is 5.69 Å². The van der Waals surface area contributed by atoms with Gasteiger partial charge < -0.3 is 10.6 Å². The third-order valence-electron chi connectivity index (χ3n) is 4.58. The largest absolute Gasteiger partial charge is 0.347 e. The molecule has 7 nitrogen and oxygen atoms in total. The number of fused-ring (bicyclic) bond motifs is 1. The van der Waals surface area contributed by atoms with Gasteiger partial charge in [-0.15, -0.1) is 5.10 Å². The summed E-state index contributed by atoms with van der Waals surface area (Å²) in [6.07, 6.45) is 3.80. The Bertz CT molecular complexity index is 908. The van der Waals surface area contributed by atoms with Gasteiger partial charge in [0.2, 0.25) is 0 Å². The molecule has 1 fully saturated rings. The Balaban J connectivity index is 1.65. The van der Waals surface area contributed by atoms with Crippen molar-refractivity contribution < 1.29 is 4.79 Å². The Morgan fingerprint density at radius 1 is 1.32 bits per heavy atom. The number of nitrogens with one attached hydrogen (secondary N) is 2. The number of rotatable bonds is 3. The zero-order valence-electron chi connectivity index (χ0n) is 14.1. The minimum atomic E-state index is -0.175. The number of benzene rings is 1. The number of carbonyl (C=O) groups excluding carboxylic acids is 1. The first-order chi connectivity index (χ1) is 12.2. The Labute approximate surface area is 145 Å². The van der Waals surface area contributed by atoms with Crippen molar-refractivity contribution in [2.75, 3.05) is 13.1 Å². The number of aromatic nitrogens is 4. The number of pyridine rings is 1. The number of piperidine rings is 1. The second-order valence-corrected chi connectivity index (χ2v) is 6.30. The minimum absolute atomic E-state index is 0.144. The van der Waals surface area contributed by atoms with Gasteiger partial charge in [-0.3, -0.25) is 9.78 Å². The van der Waals surface area contributed by atoms with E-state index in [-0.39, 0.29) is 11.9 Å². The smallest absolute Gasteiger partial charge is 0.274 e. The van der Waals surface area contributed by atoms with Crippen LogP contribution in [0.25, 0.3) is 16.6 Å². The van der Waals surface area contributed by atoms with Crippen LogP contribution < -0.4 is 10.6 Å². The van der Waals surface area contributed by atoms with Gasteiger partial charge in [-0.2, -0.15) is 0 Å². The summed E-state index contributed by atoms with van der Waals surface area (Å²) in [5, 5.41) is 15.7. The molecule has 2 aromatic heterocycles. The minimum Gasteiger partial charge on any atom is -0.347 e. The molecule has 4 rings (SSSR count). The summed E-state index contributed by atoms with van der Waals surface area (Å²) in [6, 6.07) is 9.93. The lowest BCUT2D eigenvalue weighted by Gasteiger charge is -2.23. The van der Waals surface area contributed by atoms with E-state index in [4.69, 9.17) is 0 Å². The summed E-state index contributed by atoms with van der Waals surface area (Å²) >= 11 is 0. The lowest BCUT2D eigenvalue weighted by atomic mass is 10.1. The molecule has 25 heavy (non-hydrogen) atoms. The maximum atomic E-state index is 12.6. The van der Waals surface area contributed by atoms with E-state index in [0.717, 1.165) is 42.5 Å². The predicted molar refractivity (Wildman–Crippen MR) is 94.8 cm³/mol. The first-order valence-corrected chi connectivity index (χ1v) is 8.52. The van der Waals surface area contributed by atoms with Gasteiger partial charge in [0.05, 0.1) is 16.9 Å². The van der Waals surface area contributed by atoms with E-state index in [1.54, 1.807) is 10.9 Å². The Hall–Kier alpha value is -2.80. The molecule has 1 atom stereocenters. The average molecular weight is 336 g/mol. The average Bonchev–Trinajstić information content (AvgIpc) is 3.03. The summed E-state index contributed by atoms with van der Waals surface area (Å²) in [5.74, 6) is -0.175. The summed E-state index contributed by atoms with van der Waals surface area (Å²) in [6.45, 7) is 3.66. The first kappa shape index (κ1) is 15.7. The van der Waals surface area contributed by atoms with Crippen LogP contribution in [0, 0.1) is 6.92 Å². The van der Waals surface area contributed by atoms with Crippen molar-refractivity contribution >= 4 is 16.8 Å². The van der Waals surface area contributed by atoms with E-state index >= 15 is 0 Å². The molecule has 0 spiro atoms. The van der Waals surface area contributed by atoms with Gasteiger partial charge >= 0.3 is 0 Å². The molecular formula is C18H20N6O. The second kappa shape index (κ2) is 6.60. The molecule has 2 N–H and O–H groups in total. The maximum absolute atomic E-state index is 12.6. The van der Waals surface area contributed by atoms with Crippen molar-refractivity contribution in [2.24, 2.45) is 0 Å². The van der Waals surface area contributed by atoms with Gasteiger partial charge in [-0.1, -0.05) is 23.4 Å². The topological polar surface area (TPSA) is 84.7 Å². The number of carbonyl (C=O) groups is 1. The highest BCUT2D eigenvalue weighted by molar-refractivity contribution is 5.94. The van der Waals surface area contributed by atoms with Crippen LogP contribution >= 0.6 is 0 Å². The van der Waals surface area contributed by atoms with Gasteiger partial charge in [0.1, 0.15) is 0 Å². The van der Waals surface area contributed by atoms with Crippen LogP contribution in [0.5, 0.6) is 0 Å². The van der Waals surface area contributed by atoms with Crippen molar-refractivity contribution in [2.45, 2.75) is 25.8 Å². The van der Waals surface area contributed by atoms with E-state index in [1.807, 2.05) is 37.3 Å². The van der Waals surface area contributed by atoms with E-state index in [0.29, 0.717) is 11.4 Å². The summed E-state index contributed by atoms with van der Waals surface area (Å²) < 4.78 is 1.68. The highest BCUT2D eigenvalue weighted by Gasteiger charge is 2.22. The quantitative estimate of drug-likeness (QED) is 0.759. The van der Waals surface area contributed by atoms with Crippen LogP contribution in [0.4, 0.5) is 0 Å². The molecule has 3 heterocycles. The van der Waals surface area contributed by atoms with Crippen LogP contribution in [0.3, 0.4) is 0 Å². The molecule has 0 saturated carbocycles. The molecule has 1 aliphatic rings. The van der Waals surface area contributed by atoms with Crippen LogP contribution in [0.1, 0.15) is 29.0 Å². The highest BCUT2D eigenvalue weighted by atomic mass is 16.2. The summed E-state index contributed by atoms with van der Waals surface area (Å²) in [4.78, 5) is 17.0. The fraction of sp³-hybridized carbons (Fsp3) is 0.333. The maximum Gasteiger partial charge on any atom is 0.274 e. The molecule has 1 saturated heterocycles. The number of hydrogen-bond acceptors (Lipinski definition) is 5. The molecule has 1 aromatic carbocycles. The van der Waals surface area contributed by atoms with Crippen LogP contribution in [0.2, 0.25) is 0 Å². The number of amides is 1. The van der Waals surface area contributed by atoms with Gasteiger partial charge in [0.25, 0.3) is 5.91 Å². The highest BCUT2D eigenvalue weighted by Crippen LogP contribution is 2.21. The number of hydrogen-bond donors (Lipinski definition) is 2.